The predicted molar refractivity (Wildman–Crippen MR) is 112 cm³/mol. The zero-order chi connectivity index (χ0) is 19.7. The molecule has 0 amide bonds. The second-order valence-corrected chi connectivity index (χ2v) is 9.90. The summed E-state index contributed by atoms with van der Waals surface area (Å²) in [6.45, 7) is 6.73. The van der Waals surface area contributed by atoms with E-state index >= 15 is 0 Å². The number of H-pyrrole nitrogens is 1. The van der Waals surface area contributed by atoms with Crippen LogP contribution in [0.15, 0.2) is 48.5 Å². The van der Waals surface area contributed by atoms with Crippen molar-refractivity contribution in [3.63, 3.8) is 0 Å². The smallest absolute Gasteiger partial charge is 0.311 e. The van der Waals surface area contributed by atoms with E-state index in [2.05, 4.69) is 74.3 Å². The quantitative estimate of drug-likeness (QED) is 0.596. The van der Waals surface area contributed by atoms with Crippen molar-refractivity contribution in [2.24, 2.45) is 5.41 Å². The van der Waals surface area contributed by atoms with Gasteiger partial charge >= 0.3 is 5.97 Å². The van der Waals surface area contributed by atoms with Crippen molar-refractivity contribution in [1.29, 1.82) is 0 Å². The van der Waals surface area contributed by atoms with E-state index in [4.69, 9.17) is 4.74 Å². The molecule has 3 fully saturated rings. The molecular weight excluding hydrogens is 346 g/mol. The van der Waals surface area contributed by atoms with Crippen LogP contribution in [0.25, 0.3) is 22.2 Å². The second-order valence-electron chi connectivity index (χ2n) is 9.90. The molecule has 0 spiro atoms. The maximum absolute atomic E-state index is 12.0. The standard InChI is InChI=1S/C25H27NO2/c1-23(2,3)18-7-5-6-16(10-18)21-12-17-11-19(8-9-20(17)26-21)24-13-25(14-24,15-24)22(27)28-4/h5-12,26H,13-15H2,1-4H3. The van der Waals surface area contributed by atoms with Gasteiger partial charge in [-0.2, -0.15) is 0 Å². The van der Waals surface area contributed by atoms with Gasteiger partial charge in [0.05, 0.1) is 12.5 Å². The van der Waals surface area contributed by atoms with Crippen LogP contribution in [0.5, 0.6) is 0 Å². The van der Waals surface area contributed by atoms with Crippen molar-refractivity contribution in [3.8, 4) is 11.3 Å². The van der Waals surface area contributed by atoms with Crippen LogP contribution in [-0.2, 0) is 20.4 Å². The highest BCUT2D eigenvalue weighted by molar-refractivity contribution is 5.88. The summed E-state index contributed by atoms with van der Waals surface area (Å²) >= 11 is 0. The van der Waals surface area contributed by atoms with Gasteiger partial charge in [-0.3, -0.25) is 4.79 Å². The minimum Gasteiger partial charge on any atom is -0.469 e. The Bertz CT molecular complexity index is 1080. The first-order chi connectivity index (χ1) is 13.2. The van der Waals surface area contributed by atoms with Crippen molar-refractivity contribution < 1.29 is 9.53 Å². The Balaban J connectivity index is 1.46. The molecule has 0 aliphatic heterocycles. The number of hydrogen-bond donors (Lipinski definition) is 1. The molecule has 0 radical (unpaired) electrons. The highest BCUT2D eigenvalue weighted by atomic mass is 16.5. The zero-order valence-corrected chi connectivity index (χ0v) is 17.1. The lowest BCUT2D eigenvalue weighted by Crippen LogP contribution is -2.68. The molecule has 2 bridgehead atoms. The number of hydrogen-bond acceptors (Lipinski definition) is 2. The van der Waals surface area contributed by atoms with Gasteiger partial charge in [0.2, 0.25) is 0 Å². The maximum Gasteiger partial charge on any atom is 0.311 e. The Morgan fingerprint density at radius 2 is 1.79 bits per heavy atom. The topological polar surface area (TPSA) is 42.1 Å². The summed E-state index contributed by atoms with van der Waals surface area (Å²) in [5.74, 6) is -0.0295. The zero-order valence-electron chi connectivity index (χ0n) is 17.1. The second kappa shape index (κ2) is 5.50. The lowest BCUT2D eigenvalue weighted by molar-refractivity contribution is -0.198. The van der Waals surface area contributed by atoms with Crippen LogP contribution in [0.1, 0.15) is 51.2 Å². The van der Waals surface area contributed by atoms with Crippen LogP contribution in [0.4, 0.5) is 0 Å². The lowest BCUT2D eigenvalue weighted by atomic mass is 9.33. The number of aromatic nitrogens is 1. The molecular formula is C25H27NO2. The van der Waals surface area contributed by atoms with Crippen LogP contribution in [0.3, 0.4) is 0 Å². The molecule has 3 nitrogen and oxygen atoms in total. The van der Waals surface area contributed by atoms with Gasteiger partial charge < -0.3 is 9.72 Å². The number of aromatic amines is 1. The van der Waals surface area contributed by atoms with Gasteiger partial charge in [-0.25, -0.2) is 0 Å². The number of ether oxygens (including phenoxy) is 1. The van der Waals surface area contributed by atoms with Gasteiger partial charge in [0.25, 0.3) is 0 Å². The highest BCUT2D eigenvalue weighted by Crippen LogP contribution is 2.74. The minimum atomic E-state index is -0.194. The summed E-state index contributed by atoms with van der Waals surface area (Å²) in [5.41, 5.74) is 6.36. The number of carbonyl (C=O) groups is 1. The van der Waals surface area contributed by atoms with Crippen LogP contribution in [-0.4, -0.2) is 18.1 Å². The van der Waals surface area contributed by atoms with Gasteiger partial charge in [0.1, 0.15) is 0 Å². The largest absolute Gasteiger partial charge is 0.469 e. The average Bonchev–Trinajstić information content (AvgIpc) is 3.02. The summed E-state index contributed by atoms with van der Waals surface area (Å²) in [7, 11) is 1.50. The molecule has 3 aromatic rings. The summed E-state index contributed by atoms with van der Waals surface area (Å²) in [4.78, 5) is 15.5. The number of rotatable bonds is 3. The number of benzene rings is 2. The van der Waals surface area contributed by atoms with E-state index in [0.717, 1.165) is 30.5 Å². The molecule has 144 valence electrons. The number of carbonyl (C=O) groups excluding carboxylic acids is 1. The lowest BCUT2D eigenvalue weighted by Gasteiger charge is -2.68. The Kier molecular flexibility index (Phi) is 3.44. The van der Waals surface area contributed by atoms with Gasteiger partial charge in [0.15, 0.2) is 0 Å². The molecule has 2 aromatic carbocycles. The third-order valence-corrected chi connectivity index (χ3v) is 6.92. The van der Waals surface area contributed by atoms with Crippen molar-refractivity contribution in [2.45, 2.75) is 50.9 Å². The summed E-state index contributed by atoms with van der Waals surface area (Å²) < 4.78 is 4.99. The average molecular weight is 373 g/mol. The van der Waals surface area contributed by atoms with E-state index in [1.54, 1.807) is 0 Å². The number of fused-ring (bicyclic) bond motifs is 1. The Labute approximate surface area is 166 Å². The van der Waals surface area contributed by atoms with E-state index in [0.29, 0.717) is 0 Å². The predicted octanol–water partition coefficient (Wildman–Crippen LogP) is 5.73. The summed E-state index contributed by atoms with van der Waals surface area (Å²) in [6, 6.07) is 17.8. The molecule has 0 unspecified atom stereocenters. The fraction of sp³-hybridized carbons (Fsp3) is 0.400. The summed E-state index contributed by atoms with van der Waals surface area (Å²) in [5, 5.41) is 1.24. The minimum absolute atomic E-state index is 0.0295. The first kappa shape index (κ1) is 17.5. The monoisotopic (exact) mass is 373 g/mol. The van der Waals surface area contributed by atoms with Gasteiger partial charge in [0, 0.05) is 16.6 Å². The number of methoxy groups -OCH3 is 1. The normalized spacial score (nSPS) is 25.9. The molecule has 6 rings (SSSR count). The van der Waals surface area contributed by atoms with Crippen LogP contribution in [0.2, 0.25) is 0 Å². The third-order valence-electron chi connectivity index (χ3n) is 6.92. The van der Waals surface area contributed by atoms with E-state index in [1.165, 1.54) is 29.2 Å². The van der Waals surface area contributed by atoms with E-state index < -0.39 is 0 Å². The van der Waals surface area contributed by atoms with Crippen LogP contribution in [0, 0.1) is 5.41 Å². The fourth-order valence-electron chi connectivity index (χ4n) is 5.30. The molecule has 1 heterocycles. The highest BCUT2D eigenvalue weighted by Gasteiger charge is 2.72. The fourth-order valence-corrected chi connectivity index (χ4v) is 5.30. The van der Waals surface area contributed by atoms with Crippen molar-refractivity contribution in [3.05, 3.63) is 59.7 Å². The van der Waals surface area contributed by atoms with Crippen LogP contribution < -0.4 is 0 Å². The Morgan fingerprint density at radius 3 is 2.46 bits per heavy atom. The molecule has 3 saturated carbocycles. The first-order valence-corrected chi connectivity index (χ1v) is 10.1. The van der Waals surface area contributed by atoms with E-state index in [-0.39, 0.29) is 22.2 Å². The van der Waals surface area contributed by atoms with E-state index in [9.17, 15) is 4.79 Å². The molecule has 28 heavy (non-hydrogen) atoms. The van der Waals surface area contributed by atoms with Gasteiger partial charge in [-0.1, -0.05) is 45.0 Å². The molecule has 0 atom stereocenters. The molecule has 1 N–H and O–H groups in total. The Hall–Kier alpha value is -2.55. The molecule has 3 aliphatic carbocycles. The van der Waals surface area contributed by atoms with Crippen LogP contribution >= 0.6 is 0 Å². The van der Waals surface area contributed by atoms with E-state index in [1.807, 2.05) is 0 Å². The first-order valence-electron chi connectivity index (χ1n) is 10.1. The molecule has 3 heteroatoms. The Morgan fingerprint density at radius 1 is 1.04 bits per heavy atom. The molecule has 0 saturated heterocycles. The molecule has 1 aromatic heterocycles. The van der Waals surface area contributed by atoms with Crippen molar-refractivity contribution in [1.82, 2.24) is 4.98 Å². The van der Waals surface area contributed by atoms with Crippen molar-refractivity contribution >= 4 is 16.9 Å². The number of nitrogens with one attached hydrogen (secondary N) is 1. The summed E-state index contributed by atoms with van der Waals surface area (Å²) in [6.07, 6.45) is 2.80. The SMILES string of the molecule is COC(=O)C12CC(c3ccc4[nH]c(-c5cccc(C(C)(C)C)c5)cc4c3)(C1)C2. The third kappa shape index (κ3) is 2.38. The van der Waals surface area contributed by atoms with Gasteiger partial charge in [-0.15, -0.1) is 0 Å². The van der Waals surface area contributed by atoms with Gasteiger partial charge in [-0.05, 0) is 71.0 Å². The maximum atomic E-state index is 12.0. The number of esters is 1. The molecule has 3 aliphatic rings. The van der Waals surface area contributed by atoms with Crippen molar-refractivity contribution in [2.75, 3.05) is 7.11 Å².